The van der Waals surface area contributed by atoms with E-state index in [1.807, 2.05) is 47.2 Å². The highest BCUT2D eigenvalue weighted by Crippen LogP contribution is 2.29. The Morgan fingerprint density at radius 3 is 2.55 bits per heavy atom. The van der Waals surface area contributed by atoms with Crippen molar-refractivity contribution in [2.75, 3.05) is 40.5 Å². The molecule has 0 unspecified atom stereocenters. The maximum Gasteiger partial charge on any atom is 0.174 e. The molecule has 3 aromatic rings. The van der Waals surface area contributed by atoms with Crippen molar-refractivity contribution in [2.24, 2.45) is 0 Å². The summed E-state index contributed by atoms with van der Waals surface area (Å²) >= 11 is 0. The predicted octanol–water partition coefficient (Wildman–Crippen LogP) is 3.13. The summed E-state index contributed by atoms with van der Waals surface area (Å²) in [5.74, 6) is 2.69. The highest BCUT2D eigenvalue weighted by molar-refractivity contribution is 5.70. The highest BCUT2D eigenvalue weighted by Gasteiger charge is 2.18. The number of benzene rings is 2. The zero-order valence-electron chi connectivity index (χ0n) is 17.7. The van der Waals surface area contributed by atoms with E-state index in [9.17, 15) is 5.11 Å². The quantitative estimate of drug-likeness (QED) is 0.626. The summed E-state index contributed by atoms with van der Waals surface area (Å²) in [6.45, 7) is 3.64. The molecule has 1 aromatic heterocycles. The molecule has 4 rings (SSSR count). The second-order valence-corrected chi connectivity index (χ2v) is 7.13. The third kappa shape index (κ3) is 4.87. The number of hydrogen-bond donors (Lipinski definition) is 1. The summed E-state index contributed by atoms with van der Waals surface area (Å²) in [7, 11) is 3.22. The monoisotopic (exact) mass is 422 g/mol. The van der Waals surface area contributed by atoms with Crippen LogP contribution in [0.3, 0.4) is 0 Å². The van der Waals surface area contributed by atoms with Crippen LogP contribution in [0.2, 0.25) is 0 Å². The highest BCUT2D eigenvalue weighted by atomic mass is 16.5. The zero-order chi connectivity index (χ0) is 21.6. The molecule has 0 saturated carbocycles. The van der Waals surface area contributed by atoms with Crippen LogP contribution in [-0.2, 0) is 11.4 Å². The van der Waals surface area contributed by atoms with Crippen LogP contribution in [-0.4, -0.2) is 65.3 Å². The molecule has 1 N–H and O–H groups in total. The first kappa shape index (κ1) is 20.9. The number of aromatic nitrogens is 3. The van der Waals surface area contributed by atoms with E-state index in [2.05, 4.69) is 15.0 Å². The molecule has 0 bridgehead atoms. The lowest BCUT2D eigenvalue weighted by molar-refractivity contribution is 0.0216. The van der Waals surface area contributed by atoms with Crippen molar-refractivity contribution in [1.29, 1.82) is 0 Å². The summed E-state index contributed by atoms with van der Waals surface area (Å²) in [6, 6.07) is 12.9. The Bertz CT molecular complexity index is 1060. The number of rotatable bonds is 7. The third-order valence-corrected chi connectivity index (χ3v) is 5.10. The van der Waals surface area contributed by atoms with Gasteiger partial charge in [0.05, 0.1) is 39.7 Å². The van der Waals surface area contributed by atoms with E-state index in [0.717, 1.165) is 18.7 Å². The molecule has 0 atom stereocenters. The summed E-state index contributed by atoms with van der Waals surface area (Å²) in [4.78, 5) is 6.94. The number of aromatic hydroxyl groups is 1. The molecular weight excluding hydrogens is 396 g/mol. The van der Waals surface area contributed by atoms with Gasteiger partial charge in [-0.1, -0.05) is 24.3 Å². The Morgan fingerprint density at radius 1 is 1.03 bits per heavy atom. The molecule has 1 aliphatic rings. The first-order valence-electron chi connectivity index (χ1n) is 10.1. The standard InChI is InChI=1S/C23H26N4O4/c1-29-20-9-7-17(15-21(20)30-2)8-10-22-24-23(18-5-3-4-6-19(18)28)27(25-22)16-26-11-13-31-14-12-26/h3-10,15,28H,11-14,16H2,1-2H3/b10-8+. The van der Waals surface area contributed by atoms with Gasteiger partial charge >= 0.3 is 0 Å². The lowest BCUT2D eigenvalue weighted by Crippen LogP contribution is -2.37. The van der Waals surface area contributed by atoms with Gasteiger partial charge in [0, 0.05) is 13.1 Å². The van der Waals surface area contributed by atoms with Crippen LogP contribution >= 0.6 is 0 Å². The van der Waals surface area contributed by atoms with Crippen LogP contribution in [0.5, 0.6) is 17.2 Å². The Labute approximate surface area is 181 Å². The number of ether oxygens (including phenoxy) is 3. The number of morpholine rings is 1. The van der Waals surface area contributed by atoms with Crippen molar-refractivity contribution in [3.8, 4) is 28.6 Å². The lowest BCUT2D eigenvalue weighted by atomic mass is 10.2. The van der Waals surface area contributed by atoms with Crippen LogP contribution in [0.4, 0.5) is 0 Å². The van der Waals surface area contributed by atoms with Crippen molar-refractivity contribution in [1.82, 2.24) is 19.7 Å². The second-order valence-electron chi connectivity index (χ2n) is 7.13. The number of phenols is 1. The van der Waals surface area contributed by atoms with Gasteiger partial charge in [0.15, 0.2) is 23.1 Å². The smallest absolute Gasteiger partial charge is 0.174 e. The van der Waals surface area contributed by atoms with E-state index in [0.29, 0.717) is 48.6 Å². The van der Waals surface area contributed by atoms with Gasteiger partial charge in [-0.15, -0.1) is 5.10 Å². The van der Waals surface area contributed by atoms with Crippen LogP contribution in [0.25, 0.3) is 23.5 Å². The first-order chi connectivity index (χ1) is 15.2. The fourth-order valence-electron chi connectivity index (χ4n) is 3.45. The molecule has 0 amide bonds. The molecule has 162 valence electrons. The minimum atomic E-state index is 0.175. The molecular formula is C23H26N4O4. The fourth-order valence-corrected chi connectivity index (χ4v) is 3.45. The van der Waals surface area contributed by atoms with Gasteiger partial charge in [-0.05, 0) is 35.9 Å². The molecule has 31 heavy (non-hydrogen) atoms. The Kier molecular flexibility index (Phi) is 6.49. The lowest BCUT2D eigenvalue weighted by Gasteiger charge is -2.26. The van der Waals surface area contributed by atoms with Gasteiger partial charge in [0.25, 0.3) is 0 Å². The van der Waals surface area contributed by atoms with Gasteiger partial charge in [-0.2, -0.15) is 0 Å². The average molecular weight is 422 g/mol. The molecule has 8 heteroatoms. The number of methoxy groups -OCH3 is 2. The minimum absolute atomic E-state index is 0.175. The van der Waals surface area contributed by atoms with E-state index in [1.165, 1.54) is 0 Å². The maximum atomic E-state index is 10.4. The number of phenolic OH excluding ortho intramolecular Hbond substituents is 1. The molecule has 0 aliphatic carbocycles. The normalized spacial score (nSPS) is 14.8. The number of hydrogen-bond acceptors (Lipinski definition) is 7. The topological polar surface area (TPSA) is 81.9 Å². The van der Waals surface area contributed by atoms with Gasteiger partial charge in [0.2, 0.25) is 0 Å². The Hall–Kier alpha value is -3.36. The fraction of sp³-hybridized carbons (Fsp3) is 0.304. The number of para-hydroxylation sites is 1. The molecule has 0 spiro atoms. The molecule has 1 fully saturated rings. The van der Waals surface area contributed by atoms with Crippen LogP contribution in [0.15, 0.2) is 42.5 Å². The van der Waals surface area contributed by atoms with Crippen molar-refractivity contribution in [3.63, 3.8) is 0 Å². The minimum Gasteiger partial charge on any atom is -0.507 e. The van der Waals surface area contributed by atoms with Crippen LogP contribution < -0.4 is 9.47 Å². The largest absolute Gasteiger partial charge is 0.507 e. The van der Waals surface area contributed by atoms with Crippen molar-refractivity contribution >= 4 is 12.2 Å². The first-order valence-corrected chi connectivity index (χ1v) is 10.1. The molecule has 8 nitrogen and oxygen atoms in total. The molecule has 0 radical (unpaired) electrons. The molecule has 1 aliphatic heterocycles. The SMILES string of the molecule is COc1ccc(/C=C/c2nc(-c3ccccc3O)n(CN3CCOCC3)n2)cc1OC. The van der Waals surface area contributed by atoms with Gasteiger partial charge in [-0.25, -0.2) is 9.67 Å². The summed E-state index contributed by atoms with van der Waals surface area (Å²) in [5.41, 5.74) is 1.58. The summed E-state index contributed by atoms with van der Waals surface area (Å²) in [6.07, 6.45) is 3.77. The second kappa shape index (κ2) is 9.63. The molecule has 2 heterocycles. The average Bonchev–Trinajstić information content (AvgIpc) is 3.20. The Morgan fingerprint density at radius 2 is 1.81 bits per heavy atom. The van der Waals surface area contributed by atoms with E-state index in [-0.39, 0.29) is 5.75 Å². The zero-order valence-corrected chi connectivity index (χ0v) is 17.7. The van der Waals surface area contributed by atoms with Crippen molar-refractivity contribution < 1.29 is 19.3 Å². The van der Waals surface area contributed by atoms with Crippen molar-refractivity contribution in [2.45, 2.75) is 6.67 Å². The molecule has 2 aromatic carbocycles. The van der Waals surface area contributed by atoms with Crippen molar-refractivity contribution in [3.05, 3.63) is 53.9 Å². The van der Waals surface area contributed by atoms with Crippen LogP contribution in [0.1, 0.15) is 11.4 Å². The van der Waals surface area contributed by atoms with E-state index >= 15 is 0 Å². The Balaban J connectivity index is 1.64. The predicted molar refractivity (Wildman–Crippen MR) is 118 cm³/mol. The summed E-state index contributed by atoms with van der Waals surface area (Å²) in [5, 5.41) is 15.0. The van der Waals surface area contributed by atoms with Gasteiger partial charge in [0.1, 0.15) is 5.75 Å². The van der Waals surface area contributed by atoms with E-state index < -0.39 is 0 Å². The maximum absolute atomic E-state index is 10.4. The summed E-state index contributed by atoms with van der Waals surface area (Å²) < 4.78 is 17.9. The number of nitrogens with zero attached hydrogens (tertiary/aromatic N) is 4. The van der Waals surface area contributed by atoms with E-state index in [4.69, 9.17) is 14.2 Å². The molecule has 1 saturated heterocycles. The van der Waals surface area contributed by atoms with E-state index in [1.54, 1.807) is 26.4 Å². The van der Waals surface area contributed by atoms with Gasteiger partial charge in [-0.3, -0.25) is 4.90 Å². The van der Waals surface area contributed by atoms with Crippen LogP contribution in [0, 0.1) is 0 Å². The van der Waals surface area contributed by atoms with Gasteiger partial charge < -0.3 is 19.3 Å². The third-order valence-electron chi connectivity index (χ3n) is 5.10.